The highest BCUT2D eigenvalue weighted by Crippen LogP contribution is 1.91. The van der Waals surface area contributed by atoms with Gasteiger partial charge in [-0.05, 0) is 6.42 Å². The highest BCUT2D eigenvalue weighted by Gasteiger charge is 2.01. The highest BCUT2D eigenvalue weighted by molar-refractivity contribution is 5.83. The zero-order chi connectivity index (χ0) is 11.8. The fourth-order valence-electron chi connectivity index (χ4n) is 1.10. The maximum Gasteiger partial charge on any atom is 0.239 e. The minimum absolute atomic E-state index is 0.0254. The maximum atomic E-state index is 11.1. The first-order chi connectivity index (χ1) is 7.68. The molecule has 88 valence electrons. The average molecular weight is 225 g/mol. The second-order valence-electron chi connectivity index (χ2n) is 3.30. The van der Waals surface area contributed by atoms with E-state index in [1.165, 1.54) is 13.3 Å². The Morgan fingerprint density at radius 3 is 2.88 bits per heavy atom. The first-order valence-electron chi connectivity index (χ1n) is 5.04. The van der Waals surface area contributed by atoms with Crippen molar-refractivity contribution in [3.05, 3.63) is 12.2 Å². The van der Waals surface area contributed by atoms with Crippen molar-refractivity contribution in [2.75, 3.05) is 13.1 Å². The number of amides is 2. The number of carbonyl (C=O) groups excluding carboxylic acids is 2. The smallest absolute Gasteiger partial charge is 0.239 e. The molecule has 16 heavy (non-hydrogen) atoms. The molecular weight excluding hydrogens is 210 g/mol. The van der Waals surface area contributed by atoms with Crippen LogP contribution in [-0.2, 0) is 16.0 Å². The van der Waals surface area contributed by atoms with Gasteiger partial charge in [0, 0.05) is 19.9 Å². The van der Waals surface area contributed by atoms with E-state index in [4.69, 9.17) is 0 Å². The zero-order valence-corrected chi connectivity index (χ0v) is 9.12. The van der Waals surface area contributed by atoms with E-state index >= 15 is 0 Å². The molecule has 0 aliphatic heterocycles. The third-order valence-corrected chi connectivity index (χ3v) is 1.88. The third-order valence-electron chi connectivity index (χ3n) is 1.88. The minimum Gasteiger partial charge on any atom is -0.355 e. The summed E-state index contributed by atoms with van der Waals surface area (Å²) in [6.07, 6.45) is 2.96. The van der Waals surface area contributed by atoms with Crippen molar-refractivity contribution >= 4 is 11.8 Å². The Morgan fingerprint density at radius 2 is 2.25 bits per heavy atom. The number of nitrogens with zero attached hydrogens (tertiary/aromatic N) is 2. The molecule has 0 aliphatic rings. The summed E-state index contributed by atoms with van der Waals surface area (Å²) in [5, 5.41) is 11.6. The van der Waals surface area contributed by atoms with E-state index in [0.29, 0.717) is 6.54 Å². The summed E-state index contributed by atoms with van der Waals surface area (Å²) < 4.78 is 0. The zero-order valence-electron chi connectivity index (χ0n) is 9.12. The van der Waals surface area contributed by atoms with E-state index in [1.54, 1.807) is 0 Å². The summed E-state index contributed by atoms with van der Waals surface area (Å²) in [7, 11) is 0. The monoisotopic (exact) mass is 225 g/mol. The van der Waals surface area contributed by atoms with Crippen LogP contribution in [0, 0.1) is 0 Å². The molecule has 0 aliphatic carbocycles. The molecule has 2 amide bonds. The standard InChI is InChI=1S/C9H15N5O2/c1-7(15)11-5-9(16)10-4-2-3-8-12-6-13-14-8/h6H,2-5H2,1H3,(H,10,16)(H,11,15)(H,12,13,14). The van der Waals surface area contributed by atoms with Crippen LogP contribution in [0.5, 0.6) is 0 Å². The summed E-state index contributed by atoms with van der Waals surface area (Å²) in [6, 6.07) is 0. The largest absolute Gasteiger partial charge is 0.355 e. The van der Waals surface area contributed by atoms with Crippen molar-refractivity contribution in [3.63, 3.8) is 0 Å². The minimum atomic E-state index is -0.211. The molecule has 0 fully saturated rings. The van der Waals surface area contributed by atoms with Crippen LogP contribution in [0.25, 0.3) is 0 Å². The summed E-state index contributed by atoms with van der Waals surface area (Å²) in [5.41, 5.74) is 0. The van der Waals surface area contributed by atoms with E-state index in [0.717, 1.165) is 18.7 Å². The lowest BCUT2D eigenvalue weighted by atomic mass is 10.3. The molecule has 0 saturated heterocycles. The van der Waals surface area contributed by atoms with Crippen molar-refractivity contribution < 1.29 is 9.59 Å². The SMILES string of the molecule is CC(=O)NCC(=O)NCCCc1ncn[nH]1. The Bertz CT molecular complexity index is 336. The van der Waals surface area contributed by atoms with Gasteiger partial charge in [0.1, 0.15) is 12.2 Å². The number of hydrogen-bond acceptors (Lipinski definition) is 4. The lowest BCUT2D eigenvalue weighted by Gasteiger charge is -2.04. The van der Waals surface area contributed by atoms with Crippen molar-refractivity contribution in [1.29, 1.82) is 0 Å². The van der Waals surface area contributed by atoms with Crippen LogP contribution >= 0.6 is 0 Å². The molecule has 0 radical (unpaired) electrons. The Morgan fingerprint density at radius 1 is 1.44 bits per heavy atom. The van der Waals surface area contributed by atoms with E-state index in [-0.39, 0.29) is 18.4 Å². The van der Waals surface area contributed by atoms with Crippen molar-refractivity contribution in [3.8, 4) is 0 Å². The molecule has 0 spiro atoms. The second-order valence-corrected chi connectivity index (χ2v) is 3.30. The van der Waals surface area contributed by atoms with Gasteiger partial charge in [-0.2, -0.15) is 5.10 Å². The van der Waals surface area contributed by atoms with Crippen molar-refractivity contribution in [2.24, 2.45) is 0 Å². The summed E-state index contributed by atoms with van der Waals surface area (Å²) in [4.78, 5) is 25.6. The Labute approximate surface area is 93.0 Å². The molecule has 0 saturated carbocycles. The van der Waals surface area contributed by atoms with Gasteiger partial charge in [0.05, 0.1) is 6.54 Å². The van der Waals surface area contributed by atoms with Gasteiger partial charge in [-0.15, -0.1) is 0 Å². The molecule has 0 bridgehead atoms. The maximum absolute atomic E-state index is 11.1. The fraction of sp³-hybridized carbons (Fsp3) is 0.556. The Hall–Kier alpha value is -1.92. The number of aromatic amines is 1. The predicted octanol–water partition coefficient (Wildman–Crippen LogP) is -1.01. The lowest BCUT2D eigenvalue weighted by Crippen LogP contribution is -2.36. The van der Waals surface area contributed by atoms with Gasteiger partial charge in [0.25, 0.3) is 0 Å². The molecular formula is C9H15N5O2. The molecule has 0 unspecified atom stereocenters. The Balaban J connectivity index is 2.02. The summed E-state index contributed by atoms with van der Waals surface area (Å²) in [5.74, 6) is 0.403. The number of H-pyrrole nitrogens is 1. The number of aryl methyl sites for hydroxylation is 1. The topological polar surface area (TPSA) is 99.8 Å². The second kappa shape index (κ2) is 6.54. The molecule has 3 N–H and O–H groups in total. The molecule has 7 heteroatoms. The van der Waals surface area contributed by atoms with Crippen LogP contribution in [0.1, 0.15) is 19.2 Å². The molecule has 1 aromatic heterocycles. The average Bonchev–Trinajstić information content (AvgIpc) is 2.74. The number of rotatable bonds is 6. The highest BCUT2D eigenvalue weighted by atomic mass is 16.2. The van der Waals surface area contributed by atoms with E-state index < -0.39 is 0 Å². The van der Waals surface area contributed by atoms with E-state index in [9.17, 15) is 9.59 Å². The van der Waals surface area contributed by atoms with Crippen LogP contribution in [0.4, 0.5) is 0 Å². The quantitative estimate of drug-likeness (QED) is 0.540. The van der Waals surface area contributed by atoms with Gasteiger partial charge in [-0.3, -0.25) is 14.7 Å². The van der Waals surface area contributed by atoms with Crippen LogP contribution < -0.4 is 10.6 Å². The first kappa shape index (κ1) is 12.2. The molecule has 0 atom stereocenters. The van der Waals surface area contributed by atoms with Gasteiger partial charge in [-0.1, -0.05) is 0 Å². The van der Waals surface area contributed by atoms with Crippen LogP contribution in [0.3, 0.4) is 0 Å². The predicted molar refractivity (Wildman–Crippen MR) is 56.4 cm³/mol. The molecule has 1 rings (SSSR count). The number of carbonyl (C=O) groups is 2. The van der Waals surface area contributed by atoms with Crippen LogP contribution in [0.2, 0.25) is 0 Å². The number of nitrogens with one attached hydrogen (secondary N) is 3. The summed E-state index contributed by atoms with van der Waals surface area (Å²) in [6.45, 7) is 1.95. The third kappa shape index (κ3) is 5.08. The van der Waals surface area contributed by atoms with Gasteiger partial charge in [0.15, 0.2) is 0 Å². The molecule has 1 aromatic rings. The van der Waals surface area contributed by atoms with Gasteiger partial charge >= 0.3 is 0 Å². The van der Waals surface area contributed by atoms with E-state index in [2.05, 4.69) is 25.8 Å². The van der Waals surface area contributed by atoms with Crippen LogP contribution in [-0.4, -0.2) is 40.1 Å². The lowest BCUT2D eigenvalue weighted by molar-refractivity contribution is -0.125. The van der Waals surface area contributed by atoms with Gasteiger partial charge < -0.3 is 10.6 Å². The molecule has 1 heterocycles. The molecule has 0 aromatic carbocycles. The van der Waals surface area contributed by atoms with Crippen molar-refractivity contribution in [2.45, 2.75) is 19.8 Å². The van der Waals surface area contributed by atoms with Gasteiger partial charge in [0.2, 0.25) is 11.8 Å². The Kier molecular flexibility index (Phi) is 4.97. The number of hydrogen-bond donors (Lipinski definition) is 3. The normalized spacial score (nSPS) is 9.81. The first-order valence-corrected chi connectivity index (χ1v) is 5.04. The van der Waals surface area contributed by atoms with Crippen LogP contribution in [0.15, 0.2) is 6.33 Å². The fourth-order valence-corrected chi connectivity index (χ4v) is 1.10. The van der Waals surface area contributed by atoms with E-state index in [1.807, 2.05) is 0 Å². The van der Waals surface area contributed by atoms with Crippen molar-refractivity contribution in [1.82, 2.24) is 25.8 Å². The summed E-state index contributed by atoms with van der Waals surface area (Å²) >= 11 is 0. The van der Waals surface area contributed by atoms with Gasteiger partial charge in [-0.25, -0.2) is 4.98 Å². The molecule has 7 nitrogen and oxygen atoms in total. The number of aromatic nitrogens is 3.